The van der Waals surface area contributed by atoms with E-state index in [0.717, 1.165) is 19.1 Å². The molecule has 0 saturated heterocycles. The van der Waals surface area contributed by atoms with E-state index in [2.05, 4.69) is 6.58 Å². The van der Waals surface area contributed by atoms with Gasteiger partial charge in [0.1, 0.15) is 6.29 Å². The van der Waals surface area contributed by atoms with Crippen molar-refractivity contribution in [1.82, 2.24) is 0 Å². The second-order valence-electron chi connectivity index (χ2n) is 2.62. The highest BCUT2D eigenvalue weighted by atomic mass is 16.1. The fraction of sp³-hybridized carbons (Fsp3) is 0.625. The molecule has 0 bridgehead atoms. The van der Waals surface area contributed by atoms with E-state index in [1.165, 1.54) is 0 Å². The van der Waals surface area contributed by atoms with Gasteiger partial charge in [-0.25, -0.2) is 0 Å². The van der Waals surface area contributed by atoms with Gasteiger partial charge in [0.2, 0.25) is 0 Å². The molecule has 0 amide bonds. The predicted molar refractivity (Wildman–Crippen MR) is 39.3 cm³/mol. The van der Waals surface area contributed by atoms with E-state index in [-0.39, 0.29) is 5.41 Å². The standard InChI is InChI=1S/C8H14O/c1-4-6-8(3,5-2)7-9/h4,7H,1,5-6H2,2-3H3. The third-order valence-corrected chi connectivity index (χ3v) is 1.70. The molecule has 0 saturated carbocycles. The molecule has 0 rings (SSSR count). The Morgan fingerprint density at radius 3 is 2.33 bits per heavy atom. The molecule has 0 heterocycles. The van der Waals surface area contributed by atoms with E-state index in [0.29, 0.717) is 0 Å². The van der Waals surface area contributed by atoms with E-state index >= 15 is 0 Å². The Hall–Kier alpha value is -0.590. The average molecular weight is 126 g/mol. The maximum absolute atomic E-state index is 10.4. The van der Waals surface area contributed by atoms with Gasteiger partial charge in [0.25, 0.3) is 0 Å². The summed E-state index contributed by atoms with van der Waals surface area (Å²) in [7, 11) is 0. The Morgan fingerprint density at radius 1 is 1.67 bits per heavy atom. The minimum Gasteiger partial charge on any atom is -0.303 e. The first-order chi connectivity index (χ1) is 4.18. The highest BCUT2D eigenvalue weighted by Gasteiger charge is 2.17. The van der Waals surface area contributed by atoms with Crippen LogP contribution in [0.15, 0.2) is 12.7 Å². The summed E-state index contributed by atoms with van der Waals surface area (Å²) in [5.41, 5.74) is -0.165. The van der Waals surface area contributed by atoms with Crippen LogP contribution >= 0.6 is 0 Å². The first kappa shape index (κ1) is 8.41. The zero-order chi connectivity index (χ0) is 7.33. The quantitative estimate of drug-likeness (QED) is 0.417. The van der Waals surface area contributed by atoms with E-state index in [4.69, 9.17) is 0 Å². The summed E-state index contributed by atoms with van der Waals surface area (Å²) in [4.78, 5) is 10.4. The van der Waals surface area contributed by atoms with Crippen LogP contribution in [0.3, 0.4) is 0 Å². The number of carbonyl (C=O) groups excluding carboxylic acids is 1. The molecular weight excluding hydrogens is 112 g/mol. The second kappa shape index (κ2) is 3.44. The summed E-state index contributed by atoms with van der Waals surface area (Å²) in [6.07, 6.45) is 4.47. The normalized spacial score (nSPS) is 16.2. The molecule has 0 aromatic heterocycles. The highest BCUT2D eigenvalue weighted by Crippen LogP contribution is 2.22. The molecule has 0 fully saturated rings. The fourth-order valence-electron chi connectivity index (χ4n) is 0.606. The van der Waals surface area contributed by atoms with E-state index < -0.39 is 0 Å². The van der Waals surface area contributed by atoms with Crippen LogP contribution in [0.2, 0.25) is 0 Å². The summed E-state index contributed by atoms with van der Waals surface area (Å²) in [6, 6.07) is 0. The van der Waals surface area contributed by atoms with Crippen molar-refractivity contribution in [2.45, 2.75) is 26.7 Å². The van der Waals surface area contributed by atoms with E-state index in [9.17, 15) is 4.79 Å². The second-order valence-corrected chi connectivity index (χ2v) is 2.62. The molecule has 0 spiro atoms. The summed E-state index contributed by atoms with van der Waals surface area (Å²) in [5.74, 6) is 0. The van der Waals surface area contributed by atoms with Gasteiger partial charge in [-0.15, -0.1) is 6.58 Å². The lowest BCUT2D eigenvalue weighted by molar-refractivity contribution is -0.115. The number of carbonyl (C=O) groups is 1. The van der Waals surface area contributed by atoms with Crippen molar-refractivity contribution in [3.63, 3.8) is 0 Å². The van der Waals surface area contributed by atoms with Crippen LogP contribution in [0.5, 0.6) is 0 Å². The molecule has 52 valence electrons. The van der Waals surface area contributed by atoms with E-state index in [1.807, 2.05) is 13.8 Å². The van der Waals surface area contributed by atoms with Gasteiger partial charge in [-0.3, -0.25) is 0 Å². The SMILES string of the molecule is C=CCC(C)(C=O)CC. The molecule has 0 aliphatic heterocycles. The first-order valence-corrected chi connectivity index (χ1v) is 3.26. The summed E-state index contributed by atoms with van der Waals surface area (Å²) >= 11 is 0. The van der Waals surface area contributed by atoms with Gasteiger partial charge in [-0.2, -0.15) is 0 Å². The van der Waals surface area contributed by atoms with Crippen LogP contribution in [0.1, 0.15) is 26.7 Å². The maximum Gasteiger partial charge on any atom is 0.126 e. The number of hydrogen-bond acceptors (Lipinski definition) is 1. The fourth-order valence-corrected chi connectivity index (χ4v) is 0.606. The van der Waals surface area contributed by atoms with Crippen LogP contribution in [0.25, 0.3) is 0 Å². The van der Waals surface area contributed by atoms with Crippen LogP contribution in [0, 0.1) is 5.41 Å². The minimum absolute atomic E-state index is 0.165. The van der Waals surface area contributed by atoms with Crippen molar-refractivity contribution in [2.24, 2.45) is 5.41 Å². The number of aldehydes is 1. The lowest BCUT2D eigenvalue weighted by Gasteiger charge is -2.17. The summed E-state index contributed by atoms with van der Waals surface area (Å²) in [5, 5.41) is 0. The van der Waals surface area contributed by atoms with Crippen molar-refractivity contribution in [3.8, 4) is 0 Å². The maximum atomic E-state index is 10.4. The Balaban J connectivity index is 3.90. The molecule has 0 N–H and O–H groups in total. The molecule has 1 nitrogen and oxygen atoms in total. The van der Waals surface area contributed by atoms with Gasteiger partial charge in [-0.1, -0.05) is 19.9 Å². The molecule has 0 aromatic carbocycles. The van der Waals surface area contributed by atoms with Gasteiger partial charge in [-0.05, 0) is 12.8 Å². The zero-order valence-corrected chi connectivity index (χ0v) is 6.18. The first-order valence-electron chi connectivity index (χ1n) is 3.26. The lowest BCUT2D eigenvalue weighted by Crippen LogP contribution is -2.15. The van der Waals surface area contributed by atoms with Gasteiger partial charge < -0.3 is 4.79 Å². The highest BCUT2D eigenvalue weighted by molar-refractivity contribution is 5.58. The Kier molecular flexibility index (Phi) is 3.21. The third-order valence-electron chi connectivity index (χ3n) is 1.70. The molecule has 0 aliphatic rings. The molecular formula is C8H14O. The van der Waals surface area contributed by atoms with Gasteiger partial charge >= 0.3 is 0 Å². The van der Waals surface area contributed by atoms with Gasteiger partial charge in [0, 0.05) is 5.41 Å². The molecule has 0 aliphatic carbocycles. The van der Waals surface area contributed by atoms with Crippen LogP contribution < -0.4 is 0 Å². The summed E-state index contributed by atoms with van der Waals surface area (Å²) < 4.78 is 0. The van der Waals surface area contributed by atoms with Crippen molar-refractivity contribution in [1.29, 1.82) is 0 Å². The number of rotatable bonds is 4. The summed E-state index contributed by atoms with van der Waals surface area (Å²) in [6.45, 7) is 7.54. The minimum atomic E-state index is -0.165. The van der Waals surface area contributed by atoms with Crippen LogP contribution in [-0.4, -0.2) is 6.29 Å². The Labute approximate surface area is 56.8 Å². The van der Waals surface area contributed by atoms with Gasteiger partial charge in [0.15, 0.2) is 0 Å². The Morgan fingerprint density at radius 2 is 2.22 bits per heavy atom. The number of allylic oxidation sites excluding steroid dienone is 1. The topological polar surface area (TPSA) is 17.1 Å². The molecule has 0 radical (unpaired) electrons. The largest absolute Gasteiger partial charge is 0.303 e. The lowest BCUT2D eigenvalue weighted by atomic mass is 9.86. The monoisotopic (exact) mass is 126 g/mol. The number of hydrogen-bond donors (Lipinski definition) is 0. The average Bonchev–Trinajstić information content (AvgIpc) is 1.89. The molecule has 9 heavy (non-hydrogen) atoms. The van der Waals surface area contributed by atoms with Crippen molar-refractivity contribution in [3.05, 3.63) is 12.7 Å². The molecule has 1 atom stereocenters. The van der Waals surface area contributed by atoms with E-state index in [1.54, 1.807) is 6.08 Å². The smallest absolute Gasteiger partial charge is 0.126 e. The Bertz CT molecular complexity index is 107. The van der Waals surface area contributed by atoms with Crippen molar-refractivity contribution in [2.75, 3.05) is 0 Å². The van der Waals surface area contributed by atoms with Crippen molar-refractivity contribution >= 4 is 6.29 Å². The van der Waals surface area contributed by atoms with Crippen molar-refractivity contribution < 1.29 is 4.79 Å². The van der Waals surface area contributed by atoms with Crippen LogP contribution in [0.4, 0.5) is 0 Å². The van der Waals surface area contributed by atoms with Gasteiger partial charge in [0.05, 0.1) is 0 Å². The molecule has 0 aromatic rings. The molecule has 1 heteroatoms. The third kappa shape index (κ3) is 2.45. The van der Waals surface area contributed by atoms with Crippen LogP contribution in [-0.2, 0) is 4.79 Å². The molecule has 1 unspecified atom stereocenters. The predicted octanol–water partition coefficient (Wildman–Crippen LogP) is 2.18. The zero-order valence-electron chi connectivity index (χ0n) is 6.18.